The van der Waals surface area contributed by atoms with Gasteiger partial charge in [-0.3, -0.25) is 14.9 Å². The number of carbonyl (C=O) groups is 1. The molecule has 0 heterocycles. The number of hydrogen-bond donors (Lipinski definition) is 3. The molecule has 3 aromatic rings. The maximum Gasteiger partial charge on any atom is 0.269 e. The van der Waals surface area contributed by atoms with Crippen LogP contribution in [0.25, 0.3) is 0 Å². The number of nitrogens with zero attached hydrogens (tertiary/aromatic N) is 1. The summed E-state index contributed by atoms with van der Waals surface area (Å²) in [6.45, 7) is -0.481. The SMILES string of the molecule is O=C(CC(c1ccccc1)c1ccccc1)N[C@H](CO)[C@H](O)c1ccc([N+](=O)[O-])cc1. The summed E-state index contributed by atoms with van der Waals surface area (Å²) in [5.41, 5.74) is 2.24. The third-order valence-corrected chi connectivity index (χ3v) is 5.16. The Hall–Kier alpha value is -3.55. The lowest BCUT2D eigenvalue weighted by atomic mass is 9.88. The van der Waals surface area contributed by atoms with E-state index in [1.807, 2.05) is 60.7 Å². The predicted octanol–water partition coefficient (Wildman–Crippen LogP) is 3.33. The zero-order valence-electron chi connectivity index (χ0n) is 16.8. The lowest BCUT2D eigenvalue weighted by Gasteiger charge is -2.24. The molecule has 0 saturated carbocycles. The molecule has 3 N–H and O–H groups in total. The number of rotatable bonds is 9. The molecule has 7 nitrogen and oxygen atoms in total. The van der Waals surface area contributed by atoms with Crippen molar-refractivity contribution in [2.45, 2.75) is 24.5 Å². The zero-order valence-corrected chi connectivity index (χ0v) is 16.8. The minimum Gasteiger partial charge on any atom is -0.394 e. The van der Waals surface area contributed by atoms with Gasteiger partial charge in [-0.05, 0) is 28.8 Å². The van der Waals surface area contributed by atoms with Gasteiger partial charge in [0, 0.05) is 24.5 Å². The molecule has 0 bridgehead atoms. The van der Waals surface area contributed by atoms with Crippen LogP contribution in [0.3, 0.4) is 0 Å². The molecule has 0 aliphatic rings. The lowest BCUT2D eigenvalue weighted by Crippen LogP contribution is -2.42. The fourth-order valence-corrected chi connectivity index (χ4v) is 3.50. The van der Waals surface area contributed by atoms with E-state index in [0.29, 0.717) is 5.56 Å². The average molecular weight is 420 g/mol. The fraction of sp³-hybridized carbons (Fsp3) is 0.208. The van der Waals surface area contributed by atoms with Crippen molar-refractivity contribution in [1.82, 2.24) is 5.32 Å². The number of non-ortho nitro benzene ring substituents is 1. The van der Waals surface area contributed by atoms with Gasteiger partial charge in [-0.1, -0.05) is 60.7 Å². The first-order valence-electron chi connectivity index (χ1n) is 9.92. The lowest BCUT2D eigenvalue weighted by molar-refractivity contribution is -0.384. The van der Waals surface area contributed by atoms with Crippen LogP contribution in [0.1, 0.15) is 35.1 Å². The minimum absolute atomic E-state index is 0.103. The number of nitro groups is 1. The van der Waals surface area contributed by atoms with Crippen LogP contribution in [0.15, 0.2) is 84.9 Å². The van der Waals surface area contributed by atoms with Gasteiger partial charge in [-0.15, -0.1) is 0 Å². The highest BCUT2D eigenvalue weighted by molar-refractivity contribution is 5.78. The minimum atomic E-state index is -1.21. The van der Waals surface area contributed by atoms with Gasteiger partial charge in [0.1, 0.15) is 6.10 Å². The van der Waals surface area contributed by atoms with E-state index < -0.39 is 23.7 Å². The maximum absolute atomic E-state index is 12.8. The molecule has 0 spiro atoms. The normalized spacial score (nSPS) is 12.9. The van der Waals surface area contributed by atoms with Gasteiger partial charge in [0.2, 0.25) is 5.91 Å². The molecule has 0 aliphatic carbocycles. The van der Waals surface area contributed by atoms with Crippen molar-refractivity contribution in [2.24, 2.45) is 0 Å². The third-order valence-electron chi connectivity index (χ3n) is 5.16. The van der Waals surface area contributed by atoms with E-state index in [4.69, 9.17) is 0 Å². The number of aliphatic hydroxyl groups excluding tert-OH is 2. The molecule has 0 aliphatic heterocycles. The monoisotopic (exact) mass is 420 g/mol. The Balaban J connectivity index is 1.73. The van der Waals surface area contributed by atoms with Gasteiger partial charge in [0.15, 0.2) is 0 Å². The van der Waals surface area contributed by atoms with E-state index in [0.717, 1.165) is 11.1 Å². The van der Waals surface area contributed by atoms with Gasteiger partial charge in [-0.2, -0.15) is 0 Å². The molecule has 3 aromatic carbocycles. The van der Waals surface area contributed by atoms with E-state index >= 15 is 0 Å². The highest BCUT2D eigenvalue weighted by Gasteiger charge is 2.25. The number of amides is 1. The first kappa shape index (κ1) is 22.1. The quantitative estimate of drug-likeness (QED) is 0.363. The van der Waals surface area contributed by atoms with E-state index in [1.165, 1.54) is 24.3 Å². The predicted molar refractivity (Wildman–Crippen MR) is 116 cm³/mol. The number of benzene rings is 3. The summed E-state index contributed by atoms with van der Waals surface area (Å²) in [7, 11) is 0. The van der Waals surface area contributed by atoms with Crippen LogP contribution in [-0.4, -0.2) is 33.7 Å². The van der Waals surface area contributed by atoms with E-state index in [1.54, 1.807) is 0 Å². The van der Waals surface area contributed by atoms with Crippen molar-refractivity contribution >= 4 is 11.6 Å². The Morgan fingerprint density at radius 1 is 0.871 bits per heavy atom. The Bertz CT molecular complexity index is 954. The highest BCUT2D eigenvalue weighted by atomic mass is 16.6. The van der Waals surface area contributed by atoms with Crippen molar-refractivity contribution in [3.8, 4) is 0 Å². The van der Waals surface area contributed by atoms with E-state index in [2.05, 4.69) is 5.32 Å². The number of nitrogens with one attached hydrogen (secondary N) is 1. The Morgan fingerprint density at radius 3 is 1.84 bits per heavy atom. The summed E-state index contributed by atoms with van der Waals surface area (Å²) in [4.78, 5) is 23.1. The molecule has 2 atom stereocenters. The van der Waals surface area contributed by atoms with Crippen molar-refractivity contribution in [1.29, 1.82) is 0 Å². The standard InChI is InChI=1S/C24H24N2O5/c27-16-22(24(29)19-11-13-20(14-12-19)26(30)31)25-23(28)15-21(17-7-3-1-4-8-17)18-9-5-2-6-10-18/h1-14,21-22,24,27,29H,15-16H2,(H,25,28)/t22-,24-/m1/s1. The van der Waals surface area contributed by atoms with Crippen LogP contribution in [-0.2, 0) is 4.79 Å². The molecule has 0 aromatic heterocycles. The van der Waals surface area contributed by atoms with Crippen LogP contribution in [0.2, 0.25) is 0 Å². The van der Waals surface area contributed by atoms with Crippen LogP contribution < -0.4 is 5.32 Å². The molecule has 0 saturated heterocycles. The summed E-state index contributed by atoms with van der Waals surface area (Å²) in [6.07, 6.45) is -1.07. The van der Waals surface area contributed by atoms with Gasteiger partial charge < -0.3 is 15.5 Å². The maximum atomic E-state index is 12.8. The van der Waals surface area contributed by atoms with E-state index in [-0.39, 0.29) is 23.9 Å². The first-order chi connectivity index (χ1) is 15.0. The highest BCUT2D eigenvalue weighted by Crippen LogP contribution is 2.28. The summed E-state index contributed by atoms with van der Waals surface area (Å²) in [5, 5.41) is 33.8. The van der Waals surface area contributed by atoms with Gasteiger partial charge >= 0.3 is 0 Å². The molecule has 0 unspecified atom stereocenters. The molecule has 3 rings (SSSR count). The molecule has 160 valence electrons. The Kier molecular flexibility index (Phi) is 7.48. The topological polar surface area (TPSA) is 113 Å². The molecule has 31 heavy (non-hydrogen) atoms. The van der Waals surface area contributed by atoms with Crippen LogP contribution in [0.5, 0.6) is 0 Å². The number of carbonyl (C=O) groups excluding carboxylic acids is 1. The van der Waals surface area contributed by atoms with Gasteiger partial charge in [0.25, 0.3) is 5.69 Å². The zero-order chi connectivity index (χ0) is 22.2. The van der Waals surface area contributed by atoms with Crippen molar-refractivity contribution in [3.05, 3.63) is 112 Å². The van der Waals surface area contributed by atoms with Crippen molar-refractivity contribution in [2.75, 3.05) is 6.61 Å². The number of hydrogen-bond acceptors (Lipinski definition) is 5. The van der Waals surface area contributed by atoms with Crippen LogP contribution in [0.4, 0.5) is 5.69 Å². The second-order valence-corrected chi connectivity index (χ2v) is 7.23. The van der Waals surface area contributed by atoms with Crippen LogP contribution in [0, 0.1) is 10.1 Å². The van der Waals surface area contributed by atoms with Gasteiger partial charge in [0.05, 0.1) is 17.6 Å². The molecule has 7 heteroatoms. The summed E-state index contributed by atoms with van der Waals surface area (Å²) < 4.78 is 0. The third kappa shape index (κ3) is 5.75. The fourth-order valence-electron chi connectivity index (χ4n) is 3.50. The molecular weight excluding hydrogens is 396 g/mol. The first-order valence-corrected chi connectivity index (χ1v) is 9.92. The van der Waals surface area contributed by atoms with E-state index in [9.17, 15) is 25.1 Å². The second kappa shape index (κ2) is 10.5. The molecule has 0 radical (unpaired) electrons. The Morgan fingerprint density at radius 2 is 1.39 bits per heavy atom. The Labute approximate surface area is 180 Å². The largest absolute Gasteiger partial charge is 0.394 e. The van der Waals surface area contributed by atoms with Crippen molar-refractivity contribution < 1.29 is 19.9 Å². The summed E-state index contributed by atoms with van der Waals surface area (Å²) in [6, 6.07) is 23.7. The van der Waals surface area contributed by atoms with Crippen molar-refractivity contribution in [3.63, 3.8) is 0 Å². The molecule has 0 fully saturated rings. The summed E-state index contributed by atoms with van der Waals surface area (Å²) in [5.74, 6) is -0.504. The van der Waals surface area contributed by atoms with Crippen LogP contribution >= 0.6 is 0 Å². The second-order valence-electron chi connectivity index (χ2n) is 7.23. The number of aliphatic hydroxyl groups is 2. The molecule has 1 amide bonds. The average Bonchev–Trinajstić information content (AvgIpc) is 2.81. The smallest absolute Gasteiger partial charge is 0.269 e. The number of nitro benzene ring substituents is 1. The summed E-state index contributed by atoms with van der Waals surface area (Å²) >= 11 is 0. The van der Waals surface area contributed by atoms with Gasteiger partial charge in [-0.25, -0.2) is 0 Å². The molecular formula is C24H24N2O5.